The highest BCUT2D eigenvalue weighted by Crippen LogP contribution is 1.96. The molecular formula is C20H45N3O10. The van der Waals surface area contributed by atoms with Gasteiger partial charge in [0.1, 0.15) is 0 Å². The van der Waals surface area contributed by atoms with Gasteiger partial charge in [0.2, 0.25) is 0 Å². The van der Waals surface area contributed by atoms with Crippen LogP contribution in [0, 0.1) is 0 Å². The summed E-state index contributed by atoms with van der Waals surface area (Å²) < 4.78 is 0. The minimum Gasteiger partial charge on any atom is -0.481 e. The summed E-state index contributed by atoms with van der Waals surface area (Å²) in [5.41, 5.74) is 5.34. The van der Waals surface area contributed by atoms with Crippen molar-refractivity contribution < 1.29 is 49.5 Å². The molecule has 0 aliphatic rings. The monoisotopic (exact) mass is 487 g/mol. The molecule has 0 unspecified atom stereocenters. The molecule has 0 bridgehead atoms. The maximum Gasteiger partial charge on any atom is 0.300 e. The lowest BCUT2D eigenvalue weighted by atomic mass is 10.2. The summed E-state index contributed by atoms with van der Waals surface area (Å²) in [5, 5.41) is 43.7. The van der Waals surface area contributed by atoms with E-state index in [4.69, 9.17) is 55.2 Å². The van der Waals surface area contributed by atoms with Crippen LogP contribution in [0.4, 0.5) is 0 Å². The Labute approximate surface area is 196 Å². The molecule has 0 spiro atoms. The third-order valence-corrected chi connectivity index (χ3v) is 2.01. The maximum absolute atomic E-state index is 9.00. The number of rotatable bonds is 10. The Morgan fingerprint density at radius 3 is 1.06 bits per heavy atom. The number of unbranched alkanes of at least 4 members (excludes halogenated alkanes) is 3. The Kier molecular flexibility index (Phi) is 57.5. The first-order valence-electron chi connectivity index (χ1n) is 10.2. The van der Waals surface area contributed by atoms with Gasteiger partial charge in [-0.3, -0.25) is 24.0 Å². The van der Waals surface area contributed by atoms with E-state index in [2.05, 4.69) is 17.6 Å². The van der Waals surface area contributed by atoms with Gasteiger partial charge in [-0.25, -0.2) is 0 Å². The lowest BCUT2D eigenvalue weighted by molar-refractivity contribution is -0.135. The van der Waals surface area contributed by atoms with Crippen molar-refractivity contribution in [3.05, 3.63) is 0 Å². The van der Waals surface area contributed by atoms with Crippen LogP contribution >= 0.6 is 0 Å². The van der Waals surface area contributed by atoms with Crippen LogP contribution in [0.2, 0.25) is 0 Å². The summed E-state index contributed by atoms with van der Waals surface area (Å²) in [5.74, 6) is -4.17. The van der Waals surface area contributed by atoms with Crippen molar-refractivity contribution in [1.82, 2.24) is 10.6 Å². The Morgan fingerprint density at radius 2 is 0.818 bits per heavy atom. The standard InChI is InChI=1S/C10H25N3.5C2H4O2/c1-2-3-4-5-7-12-9-10-13-8-6-11;5*1-2(3)4/h12-13H,2-11H2,1H3;5*1H3,(H,3,4). The second-order valence-electron chi connectivity index (χ2n) is 5.94. The smallest absolute Gasteiger partial charge is 0.300 e. The number of nitrogens with one attached hydrogen (secondary N) is 2. The van der Waals surface area contributed by atoms with Crippen LogP contribution in [0.1, 0.15) is 67.2 Å². The normalized spacial score (nSPS) is 7.97. The predicted octanol–water partition coefficient (Wildman–Crippen LogP) is 1.16. The van der Waals surface area contributed by atoms with Crippen molar-refractivity contribution in [2.75, 3.05) is 32.7 Å². The molecule has 0 amide bonds. The van der Waals surface area contributed by atoms with Crippen LogP contribution in [-0.4, -0.2) is 88.1 Å². The third kappa shape index (κ3) is 415. The molecule has 0 radical (unpaired) electrons. The van der Waals surface area contributed by atoms with E-state index in [1.165, 1.54) is 25.7 Å². The van der Waals surface area contributed by atoms with Crippen LogP contribution < -0.4 is 16.4 Å². The summed E-state index contributed by atoms with van der Waals surface area (Å²) in [6, 6.07) is 0. The first-order valence-corrected chi connectivity index (χ1v) is 10.2. The van der Waals surface area contributed by atoms with Gasteiger partial charge in [-0.2, -0.15) is 0 Å². The van der Waals surface area contributed by atoms with Crippen molar-refractivity contribution in [2.45, 2.75) is 67.2 Å². The summed E-state index contributed by atoms with van der Waals surface area (Å²) in [4.78, 5) is 45.0. The van der Waals surface area contributed by atoms with Gasteiger partial charge in [0.25, 0.3) is 29.8 Å². The van der Waals surface area contributed by atoms with Gasteiger partial charge in [-0.05, 0) is 13.0 Å². The first-order chi connectivity index (χ1) is 15.1. The fourth-order valence-electron chi connectivity index (χ4n) is 1.21. The number of hydrogen-bond donors (Lipinski definition) is 8. The van der Waals surface area contributed by atoms with Gasteiger partial charge < -0.3 is 41.9 Å². The Bertz CT molecular complexity index is 362. The SMILES string of the molecule is CC(=O)O.CC(=O)O.CC(=O)O.CC(=O)O.CC(=O)O.CCCCCCNCCNCCN. The molecule has 0 fully saturated rings. The lowest BCUT2D eigenvalue weighted by Crippen LogP contribution is -2.31. The fourth-order valence-corrected chi connectivity index (χ4v) is 1.21. The number of carboxylic acid groups (broad SMARTS) is 5. The number of aliphatic carboxylic acids is 5. The summed E-state index contributed by atoms with van der Waals surface area (Å²) in [7, 11) is 0. The largest absolute Gasteiger partial charge is 0.481 e. The highest BCUT2D eigenvalue weighted by atomic mass is 16.4. The molecule has 0 aromatic carbocycles. The molecular weight excluding hydrogens is 442 g/mol. The molecule has 0 atom stereocenters. The van der Waals surface area contributed by atoms with Crippen LogP contribution in [0.25, 0.3) is 0 Å². The van der Waals surface area contributed by atoms with Gasteiger partial charge in [0.05, 0.1) is 0 Å². The number of carbonyl (C=O) groups is 5. The van der Waals surface area contributed by atoms with Crippen molar-refractivity contribution in [2.24, 2.45) is 5.73 Å². The van der Waals surface area contributed by atoms with Crippen LogP contribution in [-0.2, 0) is 24.0 Å². The zero-order chi connectivity index (χ0) is 27.7. The predicted molar refractivity (Wildman–Crippen MR) is 125 cm³/mol. The van der Waals surface area contributed by atoms with Crippen LogP contribution in [0.5, 0.6) is 0 Å². The molecule has 0 rings (SSSR count). The second-order valence-corrected chi connectivity index (χ2v) is 5.94. The molecule has 0 heterocycles. The van der Waals surface area contributed by atoms with Gasteiger partial charge in [0.15, 0.2) is 0 Å². The minimum absolute atomic E-state index is 0.733. The molecule has 9 N–H and O–H groups in total. The highest BCUT2D eigenvalue weighted by molar-refractivity contribution is 5.63. The molecule has 0 saturated heterocycles. The molecule has 13 nitrogen and oxygen atoms in total. The highest BCUT2D eigenvalue weighted by Gasteiger charge is 1.88. The van der Waals surface area contributed by atoms with Crippen molar-refractivity contribution in [1.29, 1.82) is 0 Å². The quantitative estimate of drug-likeness (QED) is 0.202. The summed E-state index contributed by atoms with van der Waals surface area (Å²) >= 11 is 0. The molecule has 0 aromatic heterocycles. The third-order valence-electron chi connectivity index (χ3n) is 2.01. The van der Waals surface area contributed by atoms with E-state index in [-0.39, 0.29) is 0 Å². The van der Waals surface area contributed by atoms with E-state index in [0.717, 1.165) is 67.3 Å². The van der Waals surface area contributed by atoms with Gasteiger partial charge in [0, 0.05) is 60.8 Å². The zero-order valence-electron chi connectivity index (χ0n) is 20.7. The van der Waals surface area contributed by atoms with E-state index in [1.807, 2.05) is 0 Å². The molecule has 200 valence electrons. The van der Waals surface area contributed by atoms with E-state index < -0.39 is 29.8 Å². The maximum atomic E-state index is 9.00. The van der Waals surface area contributed by atoms with E-state index >= 15 is 0 Å². The van der Waals surface area contributed by atoms with Gasteiger partial charge >= 0.3 is 0 Å². The average molecular weight is 488 g/mol. The molecule has 33 heavy (non-hydrogen) atoms. The summed E-state index contributed by atoms with van der Waals surface area (Å²) in [6.07, 6.45) is 5.36. The summed E-state index contributed by atoms with van der Waals surface area (Å²) in [6.45, 7) is 12.6. The van der Waals surface area contributed by atoms with Crippen molar-refractivity contribution in [3.63, 3.8) is 0 Å². The Hall–Kier alpha value is -2.77. The van der Waals surface area contributed by atoms with Crippen molar-refractivity contribution >= 4 is 29.8 Å². The first kappa shape index (κ1) is 44.0. The van der Waals surface area contributed by atoms with Crippen LogP contribution in [0.3, 0.4) is 0 Å². The second kappa shape index (κ2) is 43.2. The zero-order valence-corrected chi connectivity index (χ0v) is 20.7. The molecule has 0 saturated carbocycles. The van der Waals surface area contributed by atoms with Gasteiger partial charge in [-0.15, -0.1) is 0 Å². The Balaban J connectivity index is -0.0000000754. The number of nitrogens with two attached hydrogens (primary N) is 1. The number of hydrogen-bond acceptors (Lipinski definition) is 8. The molecule has 0 aliphatic heterocycles. The minimum atomic E-state index is -0.833. The average Bonchev–Trinajstić information content (AvgIpc) is 2.58. The van der Waals surface area contributed by atoms with Gasteiger partial charge in [-0.1, -0.05) is 26.2 Å². The molecule has 0 aliphatic carbocycles. The Morgan fingerprint density at radius 1 is 0.545 bits per heavy atom. The van der Waals surface area contributed by atoms with Crippen LogP contribution in [0.15, 0.2) is 0 Å². The fraction of sp³-hybridized carbons (Fsp3) is 0.750. The topological polar surface area (TPSA) is 237 Å². The van der Waals surface area contributed by atoms with E-state index in [1.54, 1.807) is 0 Å². The van der Waals surface area contributed by atoms with Crippen molar-refractivity contribution in [3.8, 4) is 0 Å². The lowest BCUT2D eigenvalue weighted by Gasteiger charge is -2.05. The number of carboxylic acids is 5. The van der Waals surface area contributed by atoms with E-state index in [0.29, 0.717) is 0 Å². The van der Waals surface area contributed by atoms with E-state index in [9.17, 15) is 0 Å². The molecule has 0 aromatic rings. The molecule has 13 heteroatoms.